The smallest absolute Gasteiger partial charge is 0.122 e. The first-order valence-corrected chi connectivity index (χ1v) is 5.99. The Morgan fingerprint density at radius 3 is 2.87 bits per heavy atom. The highest BCUT2D eigenvalue weighted by Crippen LogP contribution is 2.52. The van der Waals surface area contributed by atoms with E-state index in [1.807, 2.05) is 6.07 Å². The molecule has 1 fully saturated rings. The van der Waals surface area contributed by atoms with E-state index in [2.05, 4.69) is 25.1 Å². The van der Waals surface area contributed by atoms with Crippen LogP contribution in [-0.2, 0) is 0 Å². The second-order valence-electron chi connectivity index (χ2n) is 4.49. The fourth-order valence-electron chi connectivity index (χ4n) is 2.39. The fourth-order valence-corrected chi connectivity index (χ4v) is 2.39. The number of ether oxygens (including phenoxy) is 1. The molecule has 0 aromatic heterocycles. The van der Waals surface area contributed by atoms with Gasteiger partial charge in [0.15, 0.2) is 0 Å². The van der Waals surface area contributed by atoms with Gasteiger partial charge < -0.3 is 4.74 Å². The van der Waals surface area contributed by atoms with Gasteiger partial charge in [0.25, 0.3) is 0 Å². The molecule has 0 amide bonds. The molecule has 0 radical (unpaired) electrons. The van der Waals surface area contributed by atoms with Crippen molar-refractivity contribution in [3.63, 3.8) is 0 Å². The fraction of sp³-hybridized carbons (Fsp3) is 0.571. The van der Waals surface area contributed by atoms with Gasteiger partial charge in [-0.05, 0) is 36.3 Å². The zero-order valence-electron chi connectivity index (χ0n) is 9.70. The number of hydrogen-bond acceptors (Lipinski definition) is 1. The lowest BCUT2D eigenvalue weighted by Crippen LogP contribution is -1.91. The Bertz CT molecular complexity index is 319. The molecule has 1 saturated carbocycles. The monoisotopic (exact) mass is 204 g/mol. The molecule has 1 aromatic rings. The predicted octanol–water partition coefficient (Wildman–Crippen LogP) is 3.99. The molecule has 2 rings (SSSR count). The average molecular weight is 204 g/mol. The lowest BCUT2D eigenvalue weighted by molar-refractivity contribution is 0.409. The lowest BCUT2D eigenvalue weighted by Gasteiger charge is -2.07. The first kappa shape index (κ1) is 10.5. The Morgan fingerprint density at radius 1 is 1.33 bits per heavy atom. The summed E-state index contributed by atoms with van der Waals surface area (Å²) in [7, 11) is 1.77. The van der Waals surface area contributed by atoms with Crippen molar-refractivity contribution in [2.24, 2.45) is 5.92 Å². The minimum absolute atomic E-state index is 0.771. The highest BCUT2D eigenvalue weighted by atomic mass is 16.5. The van der Waals surface area contributed by atoms with Gasteiger partial charge in [-0.25, -0.2) is 0 Å². The van der Waals surface area contributed by atoms with Crippen LogP contribution >= 0.6 is 0 Å². The highest BCUT2D eigenvalue weighted by Gasteiger charge is 2.38. The van der Waals surface area contributed by atoms with Crippen molar-refractivity contribution in [2.45, 2.75) is 38.5 Å². The van der Waals surface area contributed by atoms with Crippen molar-refractivity contribution in [1.29, 1.82) is 0 Å². The van der Waals surface area contributed by atoms with E-state index in [0.29, 0.717) is 0 Å². The molecule has 15 heavy (non-hydrogen) atoms. The summed E-state index contributed by atoms with van der Waals surface area (Å²) in [6, 6.07) is 8.46. The first-order chi connectivity index (χ1) is 7.36. The van der Waals surface area contributed by atoms with Crippen LogP contribution in [0.5, 0.6) is 5.75 Å². The van der Waals surface area contributed by atoms with Crippen LogP contribution < -0.4 is 4.74 Å². The third-order valence-electron chi connectivity index (χ3n) is 3.39. The summed E-state index contributed by atoms with van der Waals surface area (Å²) in [6.45, 7) is 2.26. The molecule has 1 aliphatic carbocycles. The molecule has 0 N–H and O–H groups in total. The van der Waals surface area contributed by atoms with Gasteiger partial charge in [0.2, 0.25) is 0 Å². The van der Waals surface area contributed by atoms with Crippen molar-refractivity contribution in [3.05, 3.63) is 29.8 Å². The minimum Gasteiger partial charge on any atom is -0.496 e. The Kier molecular flexibility index (Phi) is 3.30. The maximum Gasteiger partial charge on any atom is 0.122 e. The molecule has 1 nitrogen and oxygen atoms in total. The summed E-state index contributed by atoms with van der Waals surface area (Å²) in [5, 5.41) is 0. The van der Waals surface area contributed by atoms with E-state index in [4.69, 9.17) is 4.74 Å². The molecule has 1 aromatic carbocycles. The topological polar surface area (TPSA) is 9.23 Å². The second-order valence-corrected chi connectivity index (χ2v) is 4.49. The molecule has 0 aliphatic heterocycles. The molecule has 1 heteroatoms. The van der Waals surface area contributed by atoms with E-state index in [0.717, 1.165) is 17.6 Å². The van der Waals surface area contributed by atoms with Gasteiger partial charge in [-0.15, -0.1) is 0 Å². The summed E-state index contributed by atoms with van der Waals surface area (Å²) in [6.07, 6.45) is 5.44. The van der Waals surface area contributed by atoms with E-state index in [-0.39, 0.29) is 0 Å². The largest absolute Gasteiger partial charge is 0.496 e. The number of rotatable bonds is 5. The maximum absolute atomic E-state index is 5.40. The molecule has 2 atom stereocenters. The van der Waals surface area contributed by atoms with Crippen LogP contribution in [0, 0.1) is 5.92 Å². The quantitative estimate of drug-likeness (QED) is 0.704. The number of hydrogen-bond donors (Lipinski definition) is 0. The normalized spacial score (nSPS) is 23.9. The van der Waals surface area contributed by atoms with Crippen LogP contribution in [-0.4, -0.2) is 7.11 Å². The molecular weight excluding hydrogens is 184 g/mol. The zero-order valence-corrected chi connectivity index (χ0v) is 9.70. The van der Waals surface area contributed by atoms with Crippen LogP contribution in [0.25, 0.3) is 0 Å². The lowest BCUT2D eigenvalue weighted by atomic mass is 10.1. The Balaban J connectivity index is 1.99. The number of unbranched alkanes of at least 4 members (excludes halogenated alkanes) is 1. The third-order valence-corrected chi connectivity index (χ3v) is 3.39. The third kappa shape index (κ3) is 2.34. The van der Waals surface area contributed by atoms with Crippen molar-refractivity contribution in [3.8, 4) is 5.75 Å². The van der Waals surface area contributed by atoms with Crippen LogP contribution in [0.2, 0.25) is 0 Å². The van der Waals surface area contributed by atoms with E-state index >= 15 is 0 Å². The van der Waals surface area contributed by atoms with Gasteiger partial charge >= 0.3 is 0 Å². The molecular formula is C14H20O. The van der Waals surface area contributed by atoms with Crippen LogP contribution in [0.15, 0.2) is 24.3 Å². The second kappa shape index (κ2) is 4.69. The maximum atomic E-state index is 5.40. The van der Waals surface area contributed by atoms with Crippen molar-refractivity contribution >= 4 is 0 Å². The SMILES string of the molecule is CCCC[C@H]1C[C@@H]1c1ccccc1OC. The molecule has 0 heterocycles. The Hall–Kier alpha value is -0.980. The molecule has 82 valence electrons. The molecule has 0 saturated heterocycles. The summed E-state index contributed by atoms with van der Waals surface area (Å²) < 4.78 is 5.40. The van der Waals surface area contributed by atoms with E-state index < -0.39 is 0 Å². The molecule has 1 aliphatic rings. The first-order valence-electron chi connectivity index (χ1n) is 5.99. The zero-order chi connectivity index (χ0) is 10.7. The van der Waals surface area contributed by atoms with Crippen LogP contribution in [0.4, 0.5) is 0 Å². The summed E-state index contributed by atoms with van der Waals surface area (Å²) >= 11 is 0. The van der Waals surface area contributed by atoms with Gasteiger partial charge in [0, 0.05) is 0 Å². The predicted molar refractivity (Wildman–Crippen MR) is 63.4 cm³/mol. The molecule has 0 spiro atoms. The van der Waals surface area contributed by atoms with E-state index in [1.54, 1.807) is 7.11 Å². The summed E-state index contributed by atoms with van der Waals surface area (Å²) in [5.74, 6) is 2.76. The Labute approximate surface area is 92.5 Å². The summed E-state index contributed by atoms with van der Waals surface area (Å²) in [5.41, 5.74) is 1.42. The molecule has 0 bridgehead atoms. The average Bonchev–Trinajstić information content (AvgIpc) is 3.05. The molecule has 0 unspecified atom stereocenters. The van der Waals surface area contributed by atoms with Crippen LogP contribution in [0.1, 0.15) is 44.1 Å². The van der Waals surface area contributed by atoms with Gasteiger partial charge in [0.05, 0.1) is 7.11 Å². The standard InChI is InChI=1S/C14H20O/c1-3-4-7-11-10-13(11)12-8-5-6-9-14(12)15-2/h5-6,8-9,11,13H,3-4,7,10H2,1-2H3/t11-,13-/m0/s1. The van der Waals surface area contributed by atoms with Crippen molar-refractivity contribution < 1.29 is 4.74 Å². The van der Waals surface area contributed by atoms with Gasteiger partial charge in [-0.2, -0.15) is 0 Å². The number of para-hydroxylation sites is 1. The van der Waals surface area contributed by atoms with Crippen molar-refractivity contribution in [2.75, 3.05) is 7.11 Å². The minimum atomic E-state index is 0.771. The summed E-state index contributed by atoms with van der Waals surface area (Å²) in [4.78, 5) is 0. The number of benzene rings is 1. The van der Waals surface area contributed by atoms with Gasteiger partial charge in [-0.1, -0.05) is 38.0 Å². The van der Waals surface area contributed by atoms with Gasteiger partial charge in [-0.3, -0.25) is 0 Å². The van der Waals surface area contributed by atoms with Crippen LogP contribution in [0.3, 0.4) is 0 Å². The number of methoxy groups -OCH3 is 1. The highest BCUT2D eigenvalue weighted by molar-refractivity contribution is 5.39. The van der Waals surface area contributed by atoms with Gasteiger partial charge in [0.1, 0.15) is 5.75 Å². The van der Waals surface area contributed by atoms with E-state index in [9.17, 15) is 0 Å². The Morgan fingerprint density at radius 2 is 2.13 bits per heavy atom. The van der Waals surface area contributed by atoms with E-state index in [1.165, 1.54) is 31.2 Å². The van der Waals surface area contributed by atoms with Crippen molar-refractivity contribution in [1.82, 2.24) is 0 Å².